The highest BCUT2D eigenvalue weighted by atomic mass is 16.3. The minimum absolute atomic E-state index is 0.126. The summed E-state index contributed by atoms with van der Waals surface area (Å²) in [5, 5.41) is 12.3. The van der Waals surface area contributed by atoms with Gasteiger partial charge in [0.05, 0.1) is 6.10 Å². The van der Waals surface area contributed by atoms with Crippen LogP contribution < -0.4 is 5.32 Å². The second-order valence-corrected chi connectivity index (χ2v) is 5.09. The molecular formula is C11H19NO2. The summed E-state index contributed by atoms with van der Waals surface area (Å²) in [6.45, 7) is 2.02. The maximum Gasteiger partial charge on any atom is 0.223 e. The Morgan fingerprint density at radius 2 is 1.93 bits per heavy atom. The number of hydrogen-bond acceptors (Lipinski definition) is 2. The Balaban J connectivity index is 1.82. The third kappa shape index (κ3) is 1.92. The zero-order valence-corrected chi connectivity index (χ0v) is 8.75. The molecule has 0 radical (unpaired) electrons. The van der Waals surface area contributed by atoms with E-state index in [1.165, 1.54) is 12.8 Å². The highest BCUT2D eigenvalue weighted by molar-refractivity contribution is 5.79. The van der Waals surface area contributed by atoms with Gasteiger partial charge in [-0.3, -0.25) is 4.79 Å². The van der Waals surface area contributed by atoms with Crippen LogP contribution in [0.4, 0.5) is 0 Å². The Morgan fingerprint density at radius 3 is 2.43 bits per heavy atom. The van der Waals surface area contributed by atoms with Crippen molar-refractivity contribution < 1.29 is 9.90 Å². The molecule has 0 aromatic rings. The van der Waals surface area contributed by atoms with Crippen LogP contribution in [0.3, 0.4) is 0 Å². The molecule has 0 unspecified atom stereocenters. The van der Waals surface area contributed by atoms with E-state index < -0.39 is 0 Å². The topological polar surface area (TPSA) is 49.3 Å². The van der Waals surface area contributed by atoms with Crippen LogP contribution in [0.5, 0.6) is 0 Å². The molecular weight excluding hydrogens is 178 g/mol. The number of hydrogen-bond donors (Lipinski definition) is 2. The Bertz CT molecular complexity index is 227. The molecule has 2 rings (SSSR count). The molecule has 3 nitrogen and oxygen atoms in total. The predicted octanol–water partition coefficient (Wildman–Crippen LogP) is 1.21. The highest BCUT2D eigenvalue weighted by Gasteiger charge is 2.41. The van der Waals surface area contributed by atoms with Gasteiger partial charge in [0.25, 0.3) is 0 Å². The summed E-state index contributed by atoms with van der Waals surface area (Å²) in [6, 6.07) is 0. The number of aliphatic hydroxyl groups excluding tert-OH is 1. The van der Waals surface area contributed by atoms with Crippen LogP contribution in [0.1, 0.15) is 45.4 Å². The number of nitrogens with one attached hydrogen (secondary N) is 1. The second kappa shape index (κ2) is 3.54. The molecule has 2 fully saturated rings. The first kappa shape index (κ1) is 9.97. The Kier molecular flexibility index (Phi) is 2.52. The van der Waals surface area contributed by atoms with Gasteiger partial charge < -0.3 is 10.4 Å². The average Bonchev–Trinajstić information content (AvgIpc) is 2.52. The number of carbonyl (C=O) groups excluding carboxylic acids is 1. The monoisotopic (exact) mass is 197 g/mol. The Morgan fingerprint density at radius 1 is 1.36 bits per heavy atom. The molecule has 0 saturated heterocycles. The van der Waals surface area contributed by atoms with Crippen molar-refractivity contribution in [1.82, 2.24) is 5.32 Å². The molecule has 2 aliphatic rings. The molecule has 0 heterocycles. The molecule has 0 aromatic heterocycles. The molecule has 14 heavy (non-hydrogen) atoms. The lowest BCUT2D eigenvalue weighted by Gasteiger charge is -2.43. The van der Waals surface area contributed by atoms with Gasteiger partial charge in [-0.05, 0) is 32.6 Å². The standard InChI is InChI=1S/C11H19NO2/c1-11(6-9(13)7-11)12-10(14)8-4-2-3-5-8/h8-9,13H,2-7H2,1H3,(H,12,14). The molecule has 1 amide bonds. The predicted molar refractivity (Wildman–Crippen MR) is 53.7 cm³/mol. The fraction of sp³-hybridized carbons (Fsp3) is 0.909. The molecule has 0 bridgehead atoms. The molecule has 0 spiro atoms. The largest absolute Gasteiger partial charge is 0.393 e. The Labute approximate surface area is 84.9 Å². The third-order valence-corrected chi connectivity index (χ3v) is 3.52. The Hall–Kier alpha value is -0.570. The first-order chi connectivity index (χ1) is 6.59. The van der Waals surface area contributed by atoms with Crippen LogP contribution in [-0.2, 0) is 4.79 Å². The number of rotatable bonds is 2. The van der Waals surface area contributed by atoms with Crippen LogP contribution >= 0.6 is 0 Å². The van der Waals surface area contributed by atoms with Crippen LogP contribution in [-0.4, -0.2) is 22.7 Å². The molecule has 2 aliphatic carbocycles. The fourth-order valence-electron chi connectivity index (χ4n) is 2.67. The van der Waals surface area contributed by atoms with E-state index in [0.29, 0.717) is 12.8 Å². The van der Waals surface area contributed by atoms with Gasteiger partial charge in [-0.2, -0.15) is 0 Å². The normalized spacial score (nSPS) is 38.0. The van der Waals surface area contributed by atoms with Crippen LogP contribution in [0.25, 0.3) is 0 Å². The number of aliphatic hydroxyl groups is 1. The smallest absolute Gasteiger partial charge is 0.223 e. The molecule has 0 aliphatic heterocycles. The van der Waals surface area contributed by atoms with Gasteiger partial charge in [0.15, 0.2) is 0 Å². The van der Waals surface area contributed by atoms with E-state index in [1.807, 2.05) is 6.92 Å². The summed E-state index contributed by atoms with van der Waals surface area (Å²) in [5.41, 5.74) is -0.126. The summed E-state index contributed by atoms with van der Waals surface area (Å²) in [7, 11) is 0. The quantitative estimate of drug-likeness (QED) is 0.699. The lowest BCUT2D eigenvalue weighted by atomic mass is 9.75. The second-order valence-electron chi connectivity index (χ2n) is 5.09. The van der Waals surface area contributed by atoms with Crippen molar-refractivity contribution in [2.75, 3.05) is 0 Å². The molecule has 2 N–H and O–H groups in total. The van der Waals surface area contributed by atoms with Crippen LogP contribution in [0.15, 0.2) is 0 Å². The SMILES string of the molecule is CC1(NC(=O)C2CCCC2)CC(O)C1. The molecule has 3 heteroatoms. The maximum atomic E-state index is 11.8. The van der Waals surface area contributed by atoms with E-state index in [0.717, 1.165) is 12.8 Å². The van der Waals surface area contributed by atoms with E-state index in [2.05, 4.69) is 5.32 Å². The zero-order chi connectivity index (χ0) is 10.2. The van der Waals surface area contributed by atoms with Crippen molar-refractivity contribution in [1.29, 1.82) is 0 Å². The van der Waals surface area contributed by atoms with Crippen molar-refractivity contribution >= 4 is 5.91 Å². The third-order valence-electron chi connectivity index (χ3n) is 3.52. The van der Waals surface area contributed by atoms with E-state index in [4.69, 9.17) is 0 Å². The van der Waals surface area contributed by atoms with Crippen molar-refractivity contribution in [2.45, 2.75) is 57.1 Å². The van der Waals surface area contributed by atoms with Gasteiger partial charge in [-0.15, -0.1) is 0 Å². The average molecular weight is 197 g/mol. The van der Waals surface area contributed by atoms with E-state index in [9.17, 15) is 9.90 Å². The lowest BCUT2D eigenvalue weighted by Crippen LogP contribution is -2.58. The van der Waals surface area contributed by atoms with E-state index >= 15 is 0 Å². The lowest BCUT2D eigenvalue weighted by molar-refractivity contribution is -0.129. The van der Waals surface area contributed by atoms with Gasteiger partial charge in [0.2, 0.25) is 5.91 Å². The highest BCUT2D eigenvalue weighted by Crippen LogP contribution is 2.33. The van der Waals surface area contributed by atoms with Crippen molar-refractivity contribution in [3.8, 4) is 0 Å². The molecule has 2 saturated carbocycles. The molecule has 0 aromatic carbocycles. The van der Waals surface area contributed by atoms with Gasteiger partial charge in [0.1, 0.15) is 0 Å². The maximum absolute atomic E-state index is 11.8. The van der Waals surface area contributed by atoms with Gasteiger partial charge in [-0.25, -0.2) is 0 Å². The van der Waals surface area contributed by atoms with Gasteiger partial charge >= 0.3 is 0 Å². The van der Waals surface area contributed by atoms with Crippen molar-refractivity contribution in [2.24, 2.45) is 5.92 Å². The summed E-state index contributed by atoms with van der Waals surface area (Å²) in [5.74, 6) is 0.446. The summed E-state index contributed by atoms with van der Waals surface area (Å²) < 4.78 is 0. The molecule has 0 atom stereocenters. The number of carbonyl (C=O) groups is 1. The minimum atomic E-state index is -0.205. The summed E-state index contributed by atoms with van der Waals surface area (Å²) >= 11 is 0. The number of amides is 1. The zero-order valence-electron chi connectivity index (χ0n) is 8.75. The van der Waals surface area contributed by atoms with Gasteiger partial charge in [0, 0.05) is 11.5 Å². The van der Waals surface area contributed by atoms with Crippen molar-refractivity contribution in [3.63, 3.8) is 0 Å². The van der Waals surface area contributed by atoms with Crippen LogP contribution in [0.2, 0.25) is 0 Å². The van der Waals surface area contributed by atoms with Crippen molar-refractivity contribution in [3.05, 3.63) is 0 Å². The minimum Gasteiger partial charge on any atom is -0.393 e. The fourth-order valence-corrected chi connectivity index (χ4v) is 2.67. The van der Waals surface area contributed by atoms with Crippen LogP contribution in [0, 0.1) is 5.92 Å². The van der Waals surface area contributed by atoms with Gasteiger partial charge in [-0.1, -0.05) is 12.8 Å². The summed E-state index contributed by atoms with van der Waals surface area (Å²) in [6.07, 6.45) is 5.70. The first-order valence-corrected chi connectivity index (χ1v) is 5.59. The van der Waals surface area contributed by atoms with E-state index in [-0.39, 0.29) is 23.5 Å². The summed E-state index contributed by atoms with van der Waals surface area (Å²) in [4.78, 5) is 11.8. The first-order valence-electron chi connectivity index (χ1n) is 5.59. The molecule has 80 valence electrons. The van der Waals surface area contributed by atoms with E-state index in [1.54, 1.807) is 0 Å².